The molecule has 1 aromatic heterocycles. The SMILES string of the molecule is COc1ccc(OC)c2sc(N3CCN(C(=O)c4ccc(Oc5ccccc5)cc4)CC3)nc12. The van der Waals surface area contributed by atoms with Crippen molar-refractivity contribution < 1.29 is 19.0 Å². The van der Waals surface area contributed by atoms with E-state index in [4.69, 9.17) is 19.2 Å². The molecule has 7 nitrogen and oxygen atoms in total. The number of fused-ring (bicyclic) bond motifs is 1. The minimum Gasteiger partial charge on any atom is -0.495 e. The van der Waals surface area contributed by atoms with Gasteiger partial charge >= 0.3 is 0 Å². The van der Waals surface area contributed by atoms with Crippen molar-refractivity contribution in [1.29, 1.82) is 0 Å². The van der Waals surface area contributed by atoms with Gasteiger partial charge in [0.25, 0.3) is 5.91 Å². The van der Waals surface area contributed by atoms with E-state index in [-0.39, 0.29) is 5.91 Å². The van der Waals surface area contributed by atoms with Crippen molar-refractivity contribution in [1.82, 2.24) is 9.88 Å². The Morgan fingerprint density at radius 2 is 1.47 bits per heavy atom. The highest BCUT2D eigenvalue weighted by Gasteiger charge is 2.25. The monoisotopic (exact) mass is 475 g/mol. The quantitative estimate of drug-likeness (QED) is 0.388. The molecule has 0 unspecified atom stereocenters. The Labute approximate surface area is 202 Å². The van der Waals surface area contributed by atoms with Crippen LogP contribution in [-0.2, 0) is 0 Å². The summed E-state index contributed by atoms with van der Waals surface area (Å²) in [5.41, 5.74) is 1.46. The summed E-state index contributed by atoms with van der Waals surface area (Å²) in [4.78, 5) is 22.0. The van der Waals surface area contributed by atoms with E-state index in [1.54, 1.807) is 25.6 Å². The number of amides is 1. The van der Waals surface area contributed by atoms with Crippen LogP contribution in [0, 0.1) is 0 Å². The molecule has 0 aliphatic carbocycles. The van der Waals surface area contributed by atoms with Gasteiger partial charge in [-0.1, -0.05) is 29.5 Å². The van der Waals surface area contributed by atoms with Crippen LogP contribution < -0.4 is 19.1 Å². The van der Waals surface area contributed by atoms with Gasteiger partial charge < -0.3 is 24.0 Å². The van der Waals surface area contributed by atoms with Gasteiger partial charge in [0.15, 0.2) is 5.13 Å². The molecule has 0 N–H and O–H groups in total. The number of methoxy groups -OCH3 is 2. The van der Waals surface area contributed by atoms with Crippen molar-refractivity contribution in [2.45, 2.75) is 0 Å². The zero-order valence-corrected chi connectivity index (χ0v) is 19.9. The molecule has 34 heavy (non-hydrogen) atoms. The standard InChI is InChI=1S/C26H25N3O4S/c1-31-21-12-13-22(32-2)24-23(21)27-26(34-24)29-16-14-28(15-17-29)25(30)18-8-10-20(11-9-18)33-19-6-4-3-5-7-19/h3-13H,14-17H2,1-2H3. The fourth-order valence-electron chi connectivity index (χ4n) is 3.98. The van der Waals surface area contributed by atoms with Gasteiger partial charge in [0, 0.05) is 31.7 Å². The molecule has 1 aliphatic rings. The average Bonchev–Trinajstić information content (AvgIpc) is 3.35. The maximum absolute atomic E-state index is 13.0. The van der Waals surface area contributed by atoms with Crippen LogP contribution in [0.1, 0.15) is 10.4 Å². The lowest BCUT2D eigenvalue weighted by Crippen LogP contribution is -2.48. The third-order valence-corrected chi connectivity index (χ3v) is 6.95. The number of hydrogen-bond acceptors (Lipinski definition) is 7. The number of nitrogens with zero attached hydrogens (tertiary/aromatic N) is 3. The Balaban J connectivity index is 1.24. The van der Waals surface area contributed by atoms with Gasteiger partial charge in [-0.3, -0.25) is 4.79 Å². The summed E-state index contributed by atoms with van der Waals surface area (Å²) < 4.78 is 17.8. The molecule has 1 saturated heterocycles. The first-order valence-corrected chi connectivity index (χ1v) is 11.9. The van der Waals surface area contributed by atoms with Gasteiger partial charge in [0.1, 0.15) is 33.2 Å². The predicted octanol–water partition coefficient (Wildman–Crippen LogP) is 5.07. The lowest BCUT2D eigenvalue weighted by molar-refractivity contribution is 0.0747. The van der Waals surface area contributed by atoms with Crippen LogP contribution in [0.25, 0.3) is 10.2 Å². The number of para-hydroxylation sites is 1. The van der Waals surface area contributed by atoms with Gasteiger partial charge in [0.05, 0.1) is 14.2 Å². The maximum Gasteiger partial charge on any atom is 0.253 e. The number of piperazine rings is 1. The maximum atomic E-state index is 13.0. The van der Waals surface area contributed by atoms with Crippen LogP contribution in [0.2, 0.25) is 0 Å². The molecular formula is C26H25N3O4S. The Morgan fingerprint density at radius 1 is 0.824 bits per heavy atom. The van der Waals surface area contributed by atoms with E-state index < -0.39 is 0 Å². The summed E-state index contributed by atoms with van der Waals surface area (Å²) >= 11 is 1.59. The average molecular weight is 476 g/mol. The van der Waals surface area contributed by atoms with Crippen molar-refractivity contribution >= 4 is 32.6 Å². The fourth-order valence-corrected chi connectivity index (χ4v) is 5.11. The first-order chi connectivity index (χ1) is 16.7. The fraction of sp³-hybridized carbons (Fsp3) is 0.231. The second-order valence-electron chi connectivity index (χ2n) is 7.86. The van der Waals surface area contributed by atoms with E-state index in [1.165, 1.54) is 0 Å². The summed E-state index contributed by atoms with van der Waals surface area (Å²) in [5.74, 6) is 3.01. The number of ether oxygens (including phenoxy) is 3. The highest BCUT2D eigenvalue weighted by molar-refractivity contribution is 7.22. The number of thiazole rings is 1. The molecule has 174 valence electrons. The van der Waals surface area contributed by atoms with Gasteiger partial charge in [-0.25, -0.2) is 4.98 Å². The molecule has 5 rings (SSSR count). The predicted molar refractivity (Wildman–Crippen MR) is 134 cm³/mol. The molecule has 1 aliphatic heterocycles. The molecule has 0 atom stereocenters. The van der Waals surface area contributed by atoms with Crippen molar-refractivity contribution in [2.24, 2.45) is 0 Å². The number of benzene rings is 3. The van der Waals surface area contributed by atoms with Crippen LogP contribution >= 0.6 is 11.3 Å². The Hall–Kier alpha value is -3.78. The minimum atomic E-state index is 0.0264. The van der Waals surface area contributed by atoms with Gasteiger partial charge in [0.2, 0.25) is 0 Å². The summed E-state index contributed by atoms with van der Waals surface area (Å²) in [6.07, 6.45) is 0. The lowest BCUT2D eigenvalue weighted by atomic mass is 10.1. The summed E-state index contributed by atoms with van der Waals surface area (Å²) in [6, 6.07) is 20.7. The van der Waals surface area contributed by atoms with Crippen molar-refractivity contribution in [3.8, 4) is 23.0 Å². The molecule has 0 bridgehead atoms. The van der Waals surface area contributed by atoms with E-state index in [0.717, 1.165) is 32.6 Å². The number of hydrogen-bond donors (Lipinski definition) is 0. The molecule has 2 heterocycles. The zero-order valence-electron chi connectivity index (χ0n) is 19.1. The second kappa shape index (κ2) is 9.61. The molecule has 0 saturated carbocycles. The molecule has 4 aromatic rings. The minimum absolute atomic E-state index is 0.0264. The topological polar surface area (TPSA) is 64.1 Å². The van der Waals surface area contributed by atoms with Crippen LogP contribution in [0.4, 0.5) is 5.13 Å². The smallest absolute Gasteiger partial charge is 0.253 e. The van der Waals surface area contributed by atoms with Gasteiger partial charge in [-0.2, -0.15) is 0 Å². The van der Waals surface area contributed by atoms with E-state index in [9.17, 15) is 4.79 Å². The first-order valence-electron chi connectivity index (χ1n) is 11.0. The van der Waals surface area contributed by atoms with Crippen LogP contribution in [0.5, 0.6) is 23.0 Å². The highest BCUT2D eigenvalue weighted by Crippen LogP contribution is 2.40. The summed E-state index contributed by atoms with van der Waals surface area (Å²) in [6.45, 7) is 2.69. The van der Waals surface area contributed by atoms with Crippen LogP contribution in [0.3, 0.4) is 0 Å². The van der Waals surface area contributed by atoms with Crippen LogP contribution in [-0.4, -0.2) is 56.2 Å². The third-order valence-electron chi connectivity index (χ3n) is 5.82. The zero-order chi connectivity index (χ0) is 23.5. The van der Waals surface area contributed by atoms with E-state index in [0.29, 0.717) is 37.5 Å². The second-order valence-corrected chi connectivity index (χ2v) is 8.84. The number of rotatable bonds is 6. The molecule has 8 heteroatoms. The Bertz CT molecular complexity index is 1240. The molecular weight excluding hydrogens is 450 g/mol. The number of carbonyl (C=O) groups excluding carboxylic acids is 1. The largest absolute Gasteiger partial charge is 0.495 e. The summed E-state index contributed by atoms with van der Waals surface area (Å²) in [5, 5.41) is 0.910. The third kappa shape index (κ3) is 4.36. The number of carbonyl (C=O) groups is 1. The highest BCUT2D eigenvalue weighted by atomic mass is 32.1. The normalized spacial score (nSPS) is 13.7. The molecule has 1 amide bonds. The van der Waals surface area contributed by atoms with E-state index in [2.05, 4.69) is 4.90 Å². The Morgan fingerprint density at radius 3 is 2.15 bits per heavy atom. The number of anilines is 1. The van der Waals surface area contributed by atoms with Gasteiger partial charge in [-0.05, 0) is 48.5 Å². The van der Waals surface area contributed by atoms with E-state index >= 15 is 0 Å². The molecule has 1 fully saturated rings. The van der Waals surface area contributed by atoms with Crippen molar-refractivity contribution in [2.75, 3.05) is 45.3 Å². The number of aromatic nitrogens is 1. The first kappa shape index (κ1) is 22.0. The lowest BCUT2D eigenvalue weighted by Gasteiger charge is -2.34. The van der Waals surface area contributed by atoms with E-state index in [1.807, 2.05) is 71.6 Å². The van der Waals surface area contributed by atoms with Gasteiger partial charge in [-0.15, -0.1) is 0 Å². The summed E-state index contributed by atoms with van der Waals surface area (Å²) in [7, 11) is 3.30. The molecule has 0 radical (unpaired) electrons. The molecule has 0 spiro atoms. The Kier molecular flexibility index (Phi) is 6.22. The molecule has 3 aromatic carbocycles. The van der Waals surface area contributed by atoms with Crippen molar-refractivity contribution in [3.05, 3.63) is 72.3 Å². The van der Waals surface area contributed by atoms with Crippen molar-refractivity contribution in [3.63, 3.8) is 0 Å². The van der Waals surface area contributed by atoms with Crippen LogP contribution in [0.15, 0.2) is 66.7 Å².